The number of phenols is 2. The van der Waals surface area contributed by atoms with Crippen LogP contribution in [0.2, 0.25) is 0 Å². The van der Waals surface area contributed by atoms with Gasteiger partial charge in [0.15, 0.2) is 12.3 Å². The van der Waals surface area contributed by atoms with Crippen molar-refractivity contribution in [1.29, 1.82) is 0 Å². The summed E-state index contributed by atoms with van der Waals surface area (Å²) >= 11 is 0. The highest BCUT2D eigenvalue weighted by molar-refractivity contribution is 6.03. The van der Waals surface area contributed by atoms with Crippen LogP contribution in [0.15, 0.2) is 114 Å². The number of allylic oxidation sites excluding steroid dienone is 5. The molecule has 3 aromatic rings. The predicted molar refractivity (Wildman–Crippen MR) is 275 cm³/mol. The average molecular weight is 955 g/mol. The second kappa shape index (κ2) is 23.4. The molecule has 0 saturated carbocycles. The van der Waals surface area contributed by atoms with E-state index in [4.69, 9.17) is 14.3 Å². The number of cyclic esters (lactones) is 1. The number of unbranched alkanes of at least 4 members (excludes halogenated alkanes) is 1. The summed E-state index contributed by atoms with van der Waals surface area (Å²) < 4.78 is 14.3. The molecule has 0 aromatic heterocycles. The second-order valence-corrected chi connectivity index (χ2v) is 19.9. The fraction of sp³-hybridized carbons (Fsp3) is 0.456. The maximum Gasteiger partial charge on any atom is 0.342 e. The van der Waals surface area contributed by atoms with E-state index in [-0.39, 0.29) is 53.1 Å². The van der Waals surface area contributed by atoms with Crippen LogP contribution >= 0.6 is 0 Å². The van der Waals surface area contributed by atoms with E-state index < -0.39 is 17.8 Å². The monoisotopic (exact) mass is 955 g/mol. The molecule has 3 N–H and O–H groups in total. The molecule has 2 amide bonds. The van der Waals surface area contributed by atoms with Crippen molar-refractivity contribution in [3.8, 4) is 11.5 Å². The normalized spacial score (nSPS) is 22.1. The van der Waals surface area contributed by atoms with Crippen molar-refractivity contribution in [3.63, 3.8) is 0 Å². The lowest BCUT2D eigenvalue weighted by Gasteiger charge is -2.27. The quantitative estimate of drug-likeness (QED) is 0.0445. The van der Waals surface area contributed by atoms with Crippen molar-refractivity contribution < 1.29 is 43.5 Å². The molecule has 0 radical (unpaired) electrons. The smallest absolute Gasteiger partial charge is 0.342 e. The van der Waals surface area contributed by atoms with E-state index in [9.17, 15) is 24.6 Å². The number of aromatic hydroxyl groups is 2. The molecule has 4 aliphatic rings. The summed E-state index contributed by atoms with van der Waals surface area (Å²) in [6.07, 6.45) is 19.9. The second-order valence-electron chi connectivity index (χ2n) is 19.9. The number of fused-ring (bicyclic) bond motifs is 3. The number of amides is 2. The Morgan fingerprint density at radius 3 is 2.49 bits per heavy atom. The molecule has 1 unspecified atom stereocenters. The van der Waals surface area contributed by atoms with E-state index in [0.29, 0.717) is 63.2 Å². The van der Waals surface area contributed by atoms with Crippen molar-refractivity contribution in [1.82, 2.24) is 10.2 Å². The third kappa shape index (κ3) is 12.5. The molecule has 70 heavy (non-hydrogen) atoms. The summed E-state index contributed by atoms with van der Waals surface area (Å²) in [6, 6.07) is 19.7. The molecule has 3 aromatic carbocycles. The van der Waals surface area contributed by atoms with Crippen LogP contribution in [0.25, 0.3) is 0 Å². The zero-order valence-electron chi connectivity index (χ0n) is 41.9. The summed E-state index contributed by atoms with van der Waals surface area (Å²) in [5.74, 6) is -1.51. The van der Waals surface area contributed by atoms with Crippen LogP contribution in [0.5, 0.6) is 11.5 Å². The third-order valence-electron chi connectivity index (χ3n) is 13.9. The molecule has 13 heteroatoms. The zero-order valence-corrected chi connectivity index (χ0v) is 41.9. The Kier molecular flexibility index (Phi) is 17.2. The van der Waals surface area contributed by atoms with Crippen molar-refractivity contribution in [2.45, 2.75) is 122 Å². The molecule has 372 valence electrons. The van der Waals surface area contributed by atoms with Crippen molar-refractivity contribution in [2.75, 3.05) is 51.3 Å². The molecule has 2 atom stereocenters. The van der Waals surface area contributed by atoms with Crippen molar-refractivity contribution >= 4 is 40.6 Å². The number of esters is 1. The molecule has 4 aliphatic heterocycles. The Bertz CT molecular complexity index is 2560. The fourth-order valence-corrected chi connectivity index (χ4v) is 10.1. The lowest BCUT2D eigenvalue weighted by atomic mass is 9.81. The number of hydrogen-bond donors (Lipinski definition) is 3. The van der Waals surface area contributed by atoms with Crippen molar-refractivity contribution in [3.05, 3.63) is 131 Å². The standard InChI is InChI=1S/C57H71N5O8/c1-40-20-16-22-44(23-17-21-42(59-69-39-53(66)61-32-13-7-14-33-61)36-41-37-43(63)38-49(64)54(41)55(67)70-40)68-35-19-31-58-52(65)30-12-15-34-62-48-27-11-9-25-46(48)57(4,5)51(62)29-18-28-50-56(2,3)45-24-8-10-26-47(45)60(50)6/h8-11,16-18,21-22,24-29,37-38,40,44H,7,12-15,19-20,23,30-36,39H2,1-6H3,(H2-,58,63,64,65,67)/p+1/b21-17+,22-16+,59-42+/t40-,44?/m1/s1. The first-order chi connectivity index (χ1) is 33.6. The van der Waals surface area contributed by atoms with Gasteiger partial charge in [-0.1, -0.05) is 79.7 Å². The topological polar surface area (TPSA) is 153 Å². The highest BCUT2D eigenvalue weighted by Gasteiger charge is 2.43. The number of phenolic OH excluding ortho intramolecular Hbond substituents is 2. The Morgan fingerprint density at radius 2 is 1.70 bits per heavy atom. The minimum absolute atomic E-state index is 0.00315. The molecule has 7 rings (SSSR count). The number of nitrogens with one attached hydrogen (secondary N) is 1. The highest BCUT2D eigenvalue weighted by atomic mass is 16.6. The number of hydrogen-bond acceptors (Lipinski definition) is 10. The van der Waals surface area contributed by atoms with E-state index in [1.165, 1.54) is 40.0 Å². The average Bonchev–Trinajstić information content (AvgIpc) is 3.66. The van der Waals surface area contributed by atoms with Gasteiger partial charge < -0.3 is 39.6 Å². The van der Waals surface area contributed by atoms with Crippen LogP contribution in [-0.2, 0) is 41.2 Å². The number of piperidine rings is 1. The van der Waals surface area contributed by atoms with E-state index in [0.717, 1.165) is 44.7 Å². The summed E-state index contributed by atoms with van der Waals surface area (Å²) in [5, 5.41) is 28.4. The Morgan fingerprint density at radius 1 is 0.943 bits per heavy atom. The van der Waals surface area contributed by atoms with Gasteiger partial charge in [0, 0.05) is 92.6 Å². The number of likely N-dealkylation sites (tertiary alicyclic amines) is 1. The van der Waals surface area contributed by atoms with Gasteiger partial charge in [0.2, 0.25) is 11.6 Å². The van der Waals surface area contributed by atoms with Crippen LogP contribution < -0.4 is 10.2 Å². The van der Waals surface area contributed by atoms with Crippen LogP contribution in [-0.4, -0.2) is 108 Å². The lowest BCUT2D eigenvalue weighted by molar-refractivity contribution is -0.401. The van der Waals surface area contributed by atoms with E-state index in [1.54, 1.807) is 17.9 Å². The minimum atomic E-state index is -0.736. The van der Waals surface area contributed by atoms with Crippen LogP contribution in [0.3, 0.4) is 0 Å². The van der Waals surface area contributed by atoms with Gasteiger partial charge in [0.25, 0.3) is 5.91 Å². The lowest BCUT2D eigenvalue weighted by Crippen LogP contribution is -2.37. The van der Waals surface area contributed by atoms with Crippen LogP contribution in [0.4, 0.5) is 11.4 Å². The first-order valence-corrected chi connectivity index (χ1v) is 25.1. The van der Waals surface area contributed by atoms with E-state index >= 15 is 0 Å². The van der Waals surface area contributed by atoms with Gasteiger partial charge in [-0.2, -0.15) is 4.58 Å². The molecule has 0 bridgehead atoms. The van der Waals surface area contributed by atoms with Gasteiger partial charge in [0.05, 0.1) is 17.2 Å². The molecule has 0 spiro atoms. The Hall–Kier alpha value is -6.47. The first kappa shape index (κ1) is 51.4. The summed E-state index contributed by atoms with van der Waals surface area (Å²) in [7, 11) is 2.15. The van der Waals surface area contributed by atoms with Crippen LogP contribution in [0, 0.1) is 0 Å². The van der Waals surface area contributed by atoms with Gasteiger partial charge in [-0.25, -0.2) is 4.79 Å². The molecule has 4 heterocycles. The summed E-state index contributed by atoms with van der Waals surface area (Å²) in [5.41, 5.74) is 7.91. The summed E-state index contributed by atoms with van der Waals surface area (Å²) in [4.78, 5) is 48.9. The number of ether oxygens (including phenoxy) is 2. The molecule has 0 aliphatic carbocycles. The zero-order chi connectivity index (χ0) is 49.8. The summed E-state index contributed by atoms with van der Waals surface area (Å²) in [6.45, 7) is 13.7. The fourth-order valence-electron chi connectivity index (χ4n) is 10.1. The largest absolute Gasteiger partial charge is 0.508 e. The minimum Gasteiger partial charge on any atom is -0.508 e. The highest BCUT2D eigenvalue weighted by Crippen LogP contribution is 2.48. The predicted octanol–water partition coefficient (Wildman–Crippen LogP) is 9.48. The number of carbonyl (C=O) groups excluding carboxylic acids is 3. The third-order valence-corrected chi connectivity index (χ3v) is 13.9. The van der Waals surface area contributed by atoms with Gasteiger partial charge in [-0.15, -0.1) is 0 Å². The van der Waals surface area contributed by atoms with Gasteiger partial charge in [0.1, 0.15) is 30.2 Å². The van der Waals surface area contributed by atoms with E-state index in [2.05, 4.69) is 121 Å². The van der Waals surface area contributed by atoms with Crippen molar-refractivity contribution in [2.24, 2.45) is 5.16 Å². The number of anilines is 1. The number of carbonyl (C=O) groups is 3. The van der Waals surface area contributed by atoms with Gasteiger partial charge in [-0.3, -0.25) is 9.59 Å². The number of oxime groups is 1. The molecular formula is C57H72N5O8+. The van der Waals surface area contributed by atoms with Gasteiger partial charge >= 0.3 is 5.97 Å². The first-order valence-electron chi connectivity index (χ1n) is 25.1. The SMILES string of the molecule is C[C@@H]1C/C=C/C(OCCCNC(=O)CCCCN2/C(=C\C=C\C3=[N+](C)c4ccccc4C3(C)C)C(C)(C)c3ccccc32)C/C=C/C(=N\OCC(=O)N2CCCCC2)Cc2cc(O)cc(O)c2C(=O)O1. The Labute approximate surface area is 413 Å². The van der Waals surface area contributed by atoms with Gasteiger partial charge in [-0.05, 0) is 101 Å². The molecule has 1 saturated heterocycles. The number of benzene rings is 3. The number of rotatable bonds is 15. The molecular weight excluding hydrogens is 883 g/mol. The molecule has 13 nitrogen and oxygen atoms in total. The number of para-hydroxylation sites is 2. The number of nitrogens with zero attached hydrogens (tertiary/aromatic N) is 4. The maximum atomic E-state index is 13.3. The van der Waals surface area contributed by atoms with Crippen LogP contribution in [0.1, 0.15) is 119 Å². The molecule has 1 fully saturated rings. The maximum absolute atomic E-state index is 13.3. The van der Waals surface area contributed by atoms with E-state index in [1.807, 2.05) is 18.2 Å². The Balaban J connectivity index is 0.910.